The third-order valence-electron chi connectivity index (χ3n) is 5.65. The smallest absolute Gasteiger partial charge is 0.346 e. The van der Waals surface area contributed by atoms with Crippen LogP contribution < -0.4 is 19.5 Å². The molecule has 182 valence electrons. The van der Waals surface area contributed by atoms with E-state index in [-0.39, 0.29) is 6.54 Å². The Morgan fingerprint density at radius 3 is 2.23 bits per heavy atom. The number of hydrogen-bond donors (Lipinski definition) is 1. The van der Waals surface area contributed by atoms with E-state index in [4.69, 9.17) is 46.4 Å². The number of aromatic nitrogens is 2. The number of aliphatic carboxylic acids is 2. The van der Waals surface area contributed by atoms with Gasteiger partial charge in [-0.2, -0.15) is 0 Å². The number of anilines is 2. The van der Waals surface area contributed by atoms with Crippen molar-refractivity contribution >= 4 is 86.8 Å². The van der Waals surface area contributed by atoms with E-state index in [9.17, 15) is 19.8 Å². The van der Waals surface area contributed by atoms with Gasteiger partial charge >= 0.3 is 5.97 Å². The molecule has 0 radical (unpaired) electrons. The van der Waals surface area contributed by atoms with Crippen LogP contribution in [0.2, 0.25) is 20.1 Å². The van der Waals surface area contributed by atoms with Crippen LogP contribution in [-0.4, -0.2) is 35.2 Å². The van der Waals surface area contributed by atoms with Crippen LogP contribution in [-0.2, 0) is 23.2 Å². The molecular weight excluding hydrogens is 538 g/mol. The summed E-state index contributed by atoms with van der Waals surface area (Å²) in [4.78, 5) is 26.3. The van der Waals surface area contributed by atoms with Crippen molar-refractivity contribution in [1.82, 2.24) is 4.57 Å². The molecule has 0 aliphatic carbocycles. The summed E-state index contributed by atoms with van der Waals surface area (Å²) in [6.07, 6.45) is 5.11. The van der Waals surface area contributed by atoms with Gasteiger partial charge in [0.05, 0.1) is 51.0 Å². The molecule has 2 aromatic carbocycles. The Labute approximate surface area is 220 Å². The summed E-state index contributed by atoms with van der Waals surface area (Å²) >= 11 is 24.7. The molecule has 1 aliphatic rings. The Balaban J connectivity index is 1.80. The minimum atomic E-state index is -1.27. The zero-order chi connectivity index (χ0) is 25.6. The molecule has 8 nitrogen and oxygen atoms in total. The third-order valence-corrected chi connectivity index (χ3v) is 7.10. The highest BCUT2D eigenvalue weighted by atomic mass is 35.5. The first-order valence-electron chi connectivity index (χ1n) is 10.2. The van der Waals surface area contributed by atoms with E-state index in [0.717, 1.165) is 0 Å². The van der Waals surface area contributed by atoms with Crippen molar-refractivity contribution in [2.24, 2.45) is 7.05 Å². The number of aryl methyl sites for hydroxylation is 1. The number of rotatable bonds is 6. The first kappa shape index (κ1) is 25.2. The molecule has 2 heterocycles. The van der Waals surface area contributed by atoms with Gasteiger partial charge in [-0.3, -0.25) is 0 Å². The summed E-state index contributed by atoms with van der Waals surface area (Å²) in [5.41, 5.74) is 2.54. The lowest BCUT2D eigenvalue weighted by molar-refractivity contribution is -0.647. The van der Waals surface area contributed by atoms with Crippen LogP contribution in [0.1, 0.15) is 5.82 Å². The van der Waals surface area contributed by atoms with Crippen LogP contribution in [0.4, 0.5) is 11.4 Å². The Bertz CT molecular complexity index is 1450. The molecule has 4 rings (SSSR count). The first-order valence-corrected chi connectivity index (χ1v) is 11.7. The number of halogens is 4. The zero-order valence-corrected chi connectivity index (χ0v) is 21.5. The van der Waals surface area contributed by atoms with E-state index in [1.165, 1.54) is 0 Å². The van der Waals surface area contributed by atoms with Crippen molar-refractivity contribution < 1.29 is 24.4 Å². The van der Waals surface area contributed by atoms with Gasteiger partial charge in [0.15, 0.2) is 17.6 Å². The maximum atomic E-state index is 11.6. The molecule has 3 aromatic rings. The largest absolute Gasteiger partial charge is 0.548 e. The molecule has 12 heteroatoms. The highest BCUT2D eigenvalue weighted by molar-refractivity contribution is 6.43. The quantitative estimate of drug-likeness (QED) is 0.466. The number of carbonyl (C=O) groups excluding carboxylic acids is 1. The summed E-state index contributed by atoms with van der Waals surface area (Å²) in [5, 5.41) is 22.2. The highest BCUT2D eigenvalue weighted by Gasteiger charge is 2.30. The fourth-order valence-corrected chi connectivity index (χ4v) is 4.73. The van der Waals surface area contributed by atoms with E-state index >= 15 is 0 Å². The maximum Gasteiger partial charge on any atom is 0.346 e. The van der Waals surface area contributed by atoms with Gasteiger partial charge in [-0.1, -0.05) is 52.5 Å². The molecule has 1 aromatic heterocycles. The fourth-order valence-electron chi connectivity index (χ4n) is 4.10. The van der Waals surface area contributed by atoms with E-state index in [2.05, 4.69) is 0 Å². The molecule has 1 aliphatic heterocycles. The van der Waals surface area contributed by atoms with Crippen LogP contribution in [0.15, 0.2) is 42.2 Å². The van der Waals surface area contributed by atoms with Crippen LogP contribution in [0.3, 0.4) is 0 Å². The van der Waals surface area contributed by atoms with Gasteiger partial charge in [0.2, 0.25) is 0 Å². The molecule has 0 fully saturated rings. The van der Waals surface area contributed by atoms with Crippen LogP contribution in [0, 0.1) is 0 Å². The monoisotopic (exact) mass is 554 g/mol. The van der Waals surface area contributed by atoms with Crippen molar-refractivity contribution in [3.05, 3.63) is 68.2 Å². The summed E-state index contributed by atoms with van der Waals surface area (Å²) in [7, 11) is 3.55. The van der Waals surface area contributed by atoms with Gasteiger partial charge in [0.25, 0.3) is 5.82 Å². The minimum absolute atomic E-state index is 0.293. The second-order valence-corrected chi connectivity index (χ2v) is 9.44. The number of fused-ring (bicyclic) bond motifs is 2. The molecule has 0 unspecified atom stereocenters. The predicted octanol–water partition coefficient (Wildman–Crippen LogP) is 3.72. The van der Waals surface area contributed by atoms with Crippen molar-refractivity contribution in [2.75, 3.05) is 23.4 Å². The van der Waals surface area contributed by atoms with E-state index < -0.39 is 18.5 Å². The zero-order valence-electron chi connectivity index (χ0n) is 18.4. The molecule has 0 amide bonds. The van der Waals surface area contributed by atoms with Crippen molar-refractivity contribution in [3.8, 4) is 0 Å². The number of allylic oxidation sites excluding steroid dienone is 2. The fraction of sp³-hybridized carbons (Fsp3) is 0.174. The molecular formula is C23H18Cl4N4O4. The number of imidazole rings is 1. The third kappa shape index (κ3) is 4.67. The van der Waals surface area contributed by atoms with Gasteiger partial charge in [-0.15, -0.1) is 0 Å². The summed E-state index contributed by atoms with van der Waals surface area (Å²) in [6.45, 7) is -0.705. The normalized spacial score (nSPS) is 14.5. The van der Waals surface area contributed by atoms with Crippen molar-refractivity contribution in [1.29, 1.82) is 0 Å². The summed E-state index contributed by atoms with van der Waals surface area (Å²) < 4.78 is 3.39. The van der Waals surface area contributed by atoms with Crippen LogP contribution in [0.25, 0.3) is 17.1 Å². The number of carboxylic acid groups (broad SMARTS) is 2. The molecule has 35 heavy (non-hydrogen) atoms. The van der Waals surface area contributed by atoms with E-state index in [1.54, 1.807) is 75.5 Å². The summed E-state index contributed by atoms with van der Waals surface area (Å²) in [6, 6.07) is 6.55. The van der Waals surface area contributed by atoms with E-state index in [0.29, 0.717) is 54.1 Å². The van der Waals surface area contributed by atoms with Gasteiger partial charge in [-0.05, 0) is 18.2 Å². The Kier molecular flexibility index (Phi) is 6.92. The van der Waals surface area contributed by atoms with E-state index in [1.807, 2.05) is 0 Å². The number of hydrogen-bond acceptors (Lipinski definition) is 5. The van der Waals surface area contributed by atoms with Gasteiger partial charge in [0.1, 0.15) is 5.82 Å². The number of carbonyl (C=O) groups is 2. The van der Waals surface area contributed by atoms with Gasteiger partial charge in [0, 0.05) is 25.3 Å². The molecule has 1 N–H and O–H groups in total. The number of carboxylic acids is 2. The predicted molar refractivity (Wildman–Crippen MR) is 135 cm³/mol. The van der Waals surface area contributed by atoms with Crippen molar-refractivity contribution in [2.45, 2.75) is 6.54 Å². The minimum Gasteiger partial charge on any atom is -0.548 e. The Morgan fingerprint density at radius 2 is 1.60 bits per heavy atom. The first-order chi connectivity index (χ1) is 16.5. The van der Waals surface area contributed by atoms with Crippen LogP contribution >= 0.6 is 46.4 Å². The molecule has 0 bridgehead atoms. The second-order valence-electron chi connectivity index (χ2n) is 7.81. The topological polar surface area (TPSA) is 92.7 Å². The van der Waals surface area contributed by atoms with Crippen LogP contribution in [0.5, 0.6) is 0 Å². The summed E-state index contributed by atoms with van der Waals surface area (Å²) in [5.74, 6) is -1.20. The molecule has 0 atom stereocenters. The SMILES string of the molecule is CN1/C(=C\C=C\c2n(CC(=O)O)c3cc(Cl)c(Cl)cc3[n+]2C)N(CC(=O)[O-])c2cc(Cl)c(Cl)cc21. The van der Waals surface area contributed by atoms with Crippen molar-refractivity contribution in [3.63, 3.8) is 0 Å². The average Bonchev–Trinajstić information content (AvgIpc) is 3.15. The molecule has 0 saturated carbocycles. The number of nitrogens with zero attached hydrogens (tertiary/aromatic N) is 4. The average molecular weight is 556 g/mol. The molecule has 0 saturated heterocycles. The Hall–Kier alpha value is -2.91. The van der Waals surface area contributed by atoms with Gasteiger partial charge in [-0.25, -0.2) is 13.9 Å². The maximum absolute atomic E-state index is 11.6. The molecule has 0 spiro atoms. The second kappa shape index (κ2) is 9.62. The Morgan fingerprint density at radius 1 is 1.00 bits per heavy atom. The van der Waals surface area contributed by atoms with Gasteiger partial charge < -0.3 is 24.8 Å². The lowest BCUT2D eigenvalue weighted by atomic mass is 10.2. The lowest BCUT2D eigenvalue weighted by Gasteiger charge is -2.23. The highest BCUT2D eigenvalue weighted by Crippen LogP contribution is 2.44. The standard InChI is InChI=1S/C23H18Cl4N4O4/c1-28-16-6-12(24)14(26)8-18(16)30(10-22(32)33)20(28)4-3-5-21-29(2)17-7-13(25)15(27)9-19(17)31(21)11-23(34)35/h3-9H,10-11H2,1-2H3,(H-,32,33,34,35). The lowest BCUT2D eigenvalue weighted by Crippen LogP contribution is -2.38. The number of benzene rings is 2.